The number of carboxylic acid groups (broad SMARTS) is 1. The molecule has 21 heavy (non-hydrogen) atoms. The predicted octanol–water partition coefficient (Wildman–Crippen LogP) is 1.47. The fourth-order valence-corrected chi connectivity index (χ4v) is 2.72. The van der Waals surface area contributed by atoms with Gasteiger partial charge in [-0.15, -0.1) is 0 Å². The SMILES string of the molecule is CCC1(C(=O)O)CCN(CC(=O)NCc2ccco2)CC1. The third-order valence-electron chi connectivity index (χ3n) is 4.35. The number of nitrogens with one attached hydrogen (secondary N) is 1. The average molecular weight is 294 g/mol. The van der Waals surface area contributed by atoms with Crippen LogP contribution in [0.5, 0.6) is 0 Å². The lowest BCUT2D eigenvalue weighted by Gasteiger charge is -2.37. The molecule has 1 fully saturated rings. The molecule has 2 heterocycles. The monoisotopic (exact) mass is 294 g/mol. The minimum atomic E-state index is -0.716. The Morgan fingerprint density at radius 2 is 2.14 bits per heavy atom. The van der Waals surface area contributed by atoms with Gasteiger partial charge in [-0.3, -0.25) is 14.5 Å². The number of nitrogens with zero attached hydrogens (tertiary/aromatic N) is 1. The van der Waals surface area contributed by atoms with Crippen LogP contribution in [0.4, 0.5) is 0 Å². The van der Waals surface area contributed by atoms with E-state index in [0.29, 0.717) is 45.4 Å². The van der Waals surface area contributed by atoms with Crippen molar-refractivity contribution in [2.24, 2.45) is 5.41 Å². The summed E-state index contributed by atoms with van der Waals surface area (Å²) < 4.78 is 5.15. The van der Waals surface area contributed by atoms with E-state index < -0.39 is 11.4 Å². The van der Waals surface area contributed by atoms with Crippen LogP contribution in [-0.4, -0.2) is 41.5 Å². The Kier molecular flexibility index (Phi) is 5.01. The fourth-order valence-electron chi connectivity index (χ4n) is 2.72. The molecular formula is C15H22N2O4. The summed E-state index contributed by atoms with van der Waals surface area (Å²) >= 11 is 0. The standard InChI is InChI=1S/C15H22N2O4/c1-2-15(14(19)20)5-7-17(8-6-15)11-13(18)16-10-12-4-3-9-21-12/h3-4,9H,2,5-8,10-11H2,1H3,(H,16,18)(H,19,20). The molecule has 0 bridgehead atoms. The van der Waals surface area contributed by atoms with E-state index in [1.807, 2.05) is 17.9 Å². The lowest BCUT2D eigenvalue weighted by Crippen LogP contribution is -2.47. The maximum absolute atomic E-state index is 11.9. The van der Waals surface area contributed by atoms with E-state index >= 15 is 0 Å². The van der Waals surface area contributed by atoms with E-state index in [2.05, 4.69) is 5.32 Å². The molecule has 0 aliphatic carbocycles. The molecule has 2 N–H and O–H groups in total. The molecule has 1 saturated heterocycles. The molecule has 0 aromatic carbocycles. The van der Waals surface area contributed by atoms with Crippen molar-refractivity contribution in [1.29, 1.82) is 0 Å². The smallest absolute Gasteiger partial charge is 0.309 e. The first-order chi connectivity index (χ1) is 10.1. The third-order valence-corrected chi connectivity index (χ3v) is 4.35. The van der Waals surface area contributed by atoms with Crippen LogP contribution in [0.1, 0.15) is 31.9 Å². The van der Waals surface area contributed by atoms with Gasteiger partial charge in [0.05, 0.1) is 24.8 Å². The number of piperidine rings is 1. The molecule has 1 aromatic rings. The van der Waals surface area contributed by atoms with Crippen molar-refractivity contribution in [2.75, 3.05) is 19.6 Å². The zero-order chi connectivity index (χ0) is 15.3. The maximum Gasteiger partial charge on any atom is 0.309 e. The van der Waals surface area contributed by atoms with E-state index in [9.17, 15) is 14.7 Å². The third kappa shape index (κ3) is 3.85. The van der Waals surface area contributed by atoms with Crippen LogP contribution < -0.4 is 5.32 Å². The first-order valence-electron chi connectivity index (χ1n) is 7.30. The van der Waals surface area contributed by atoms with Crippen LogP contribution in [0.15, 0.2) is 22.8 Å². The molecule has 6 heteroatoms. The van der Waals surface area contributed by atoms with E-state index in [1.54, 1.807) is 12.3 Å². The number of aliphatic carboxylic acids is 1. The molecule has 2 rings (SSSR count). The van der Waals surface area contributed by atoms with Crippen LogP contribution in [0, 0.1) is 5.41 Å². The normalized spacial score (nSPS) is 18.3. The van der Waals surface area contributed by atoms with Crippen LogP contribution >= 0.6 is 0 Å². The molecule has 1 aromatic heterocycles. The maximum atomic E-state index is 11.9. The number of hydrogen-bond acceptors (Lipinski definition) is 4. The summed E-state index contributed by atoms with van der Waals surface area (Å²) in [6.07, 6.45) is 3.41. The predicted molar refractivity (Wildman–Crippen MR) is 76.6 cm³/mol. The summed E-state index contributed by atoms with van der Waals surface area (Å²) in [5, 5.41) is 12.1. The largest absolute Gasteiger partial charge is 0.481 e. The van der Waals surface area contributed by atoms with E-state index in [4.69, 9.17) is 4.42 Å². The van der Waals surface area contributed by atoms with Crippen molar-refractivity contribution in [2.45, 2.75) is 32.7 Å². The molecule has 0 atom stereocenters. The lowest BCUT2D eigenvalue weighted by atomic mass is 9.76. The Morgan fingerprint density at radius 3 is 2.67 bits per heavy atom. The fraction of sp³-hybridized carbons (Fsp3) is 0.600. The minimum absolute atomic E-state index is 0.0641. The minimum Gasteiger partial charge on any atom is -0.481 e. The second-order valence-electron chi connectivity index (χ2n) is 5.57. The number of carbonyl (C=O) groups excluding carboxylic acids is 1. The molecule has 0 saturated carbocycles. The summed E-state index contributed by atoms with van der Waals surface area (Å²) in [6.45, 7) is 3.90. The molecule has 116 valence electrons. The number of amides is 1. The molecule has 1 aliphatic heterocycles. The lowest BCUT2D eigenvalue weighted by molar-refractivity contribution is -0.152. The number of likely N-dealkylation sites (tertiary alicyclic amines) is 1. The Labute approximate surface area is 124 Å². The van der Waals surface area contributed by atoms with Gasteiger partial charge in [0.15, 0.2) is 0 Å². The summed E-state index contributed by atoms with van der Waals surface area (Å²) in [5.74, 6) is -0.0597. The zero-order valence-electron chi connectivity index (χ0n) is 12.3. The quantitative estimate of drug-likeness (QED) is 0.830. The van der Waals surface area contributed by atoms with Gasteiger partial charge in [-0.1, -0.05) is 6.92 Å². The Hall–Kier alpha value is -1.82. The van der Waals surface area contributed by atoms with Crippen molar-refractivity contribution in [3.8, 4) is 0 Å². The molecule has 0 spiro atoms. The van der Waals surface area contributed by atoms with Crippen LogP contribution in [0.3, 0.4) is 0 Å². The number of rotatable bonds is 6. The molecule has 0 unspecified atom stereocenters. The molecule has 6 nitrogen and oxygen atoms in total. The Morgan fingerprint density at radius 1 is 1.43 bits per heavy atom. The summed E-state index contributed by atoms with van der Waals surface area (Å²) in [7, 11) is 0. The average Bonchev–Trinajstić information content (AvgIpc) is 2.99. The second-order valence-corrected chi connectivity index (χ2v) is 5.57. The van der Waals surface area contributed by atoms with Crippen LogP contribution in [0.2, 0.25) is 0 Å². The highest BCUT2D eigenvalue weighted by molar-refractivity contribution is 5.78. The summed E-state index contributed by atoms with van der Waals surface area (Å²) in [6, 6.07) is 3.59. The molecule has 1 aliphatic rings. The van der Waals surface area contributed by atoms with Crippen molar-refractivity contribution in [3.05, 3.63) is 24.2 Å². The zero-order valence-corrected chi connectivity index (χ0v) is 12.3. The van der Waals surface area contributed by atoms with Crippen molar-refractivity contribution in [3.63, 3.8) is 0 Å². The van der Waals surface area contributed by atoms with Gasteiger partial charge in [0.2, 0.25) is 5.91 Å². The Balaban J connectivity index is 1.75. The number of carbonyl (C=O) groups is 2. The second kappa shape index (κ2) is 6.76. The van der Waals surface area contributed by atoms with E-state index in [0.717, 1.165) is 5.76 Å². The van der Waals surface area contributed by atoms with Crippen molar-refractivity contribution >= 4 is 11.9 Å². The van der Waals surface area contributed by atoms with Gasteiger partial charge in [0.1, 0.15) is 5.76 Å². The van der Waals surface area contributed by atoms with Gasteiger partial charge < -0.3 is 14.8 Å². The highest BCUT2D eigenvalue weighted by Crippen LogP contribution is 2.34. The van der Waals surface area contributed by atoms with E-state index in [1.165, 1.54) is 0 Å². The molecule has 1 amide bonds. The first-order valence-corrected chi connectivity index (χ1v) is 7.30. The van der Waals surface area contributed by atoms with Gasteiger partial charge in [-0.2, -0.15) is 0 Å². The number of furan rings is 1. The molecule has 0 radical (unpaired) electrons. The van der Waals surface area contributed by atoms with Gasteiger partial charge in [-0.25, -0.2) is 0 Å². The van der Waals surface area contributed by atoms with Crippen LogP contribution in [-0.2, 0) is 16.1 Å². The summed E-state index contributed by atoms with van der Waals surface area (Å²) in [5.41, 5.74) is -0.610. The molecular weight excluding hydrogens is 272 g/mol. The first kappa shape index (κ1) is 15.6. The highest BCUT2D eigenvalue weighted by Gasteiger charge is 2.39. The van der Waals surface area contributed by atoms with Gasteiger partial charge in [0.25, 0.3) is 0 Å². The number of carboxylic acids is 1. The van der Waals surface area contributed by atoms with Crippen molar-refractivity contribution in [1.82, 2.24) is 10.2 Å². The van der Waals surface area contributed by atoms with Crippen molar-refractivity contribution < 1.29 is 19.1 Å². The van der Waals surface area contributed by atoms with Crippen LogP contribution in [0.25, 0.3) is 0 Å². The van der Waals surface area contributed by atoms with Gasteiger partial charge in [0, 0.05) is 0 Å². The van der Waals surface area contributed by atoms with Gasteiger partial charge in [-0.05, 0) is 44.5 Å². The van der Waals surface area contributed by atoms with E-state index in [-0.39, 0.29) is 5.91 Å². The topological polar surface area (TPSA) is 82.8 Å². The highest BCUT2D eigenvalue weighted by atomic mass is 16.4. The summed E-state index contributed by atoms with van der Waals surface area (Å²) in [4.78, 5) is 25.2. The number of hydrogen-bond donors (Lipinski definition) is 2. The van der Waals surface area contributed by atoms with Gasteiger partial charge >= 0.3 is 5.97 Å². The Bertz CT molecular complexity index is 476.